The summed E-state index contributed by atoms with van der Waals surface area (Å²) < 4.78 is 6.89. The van der Waals surface area contributed by atoms with Gasteiger partial charge in [-0.1, -0.05) is 0 Å². The molecule has 10 heteroatoms. The van der Waals surface area contributed by atoms with Crippen LogP contribution in [0.15, 0.2) is 18.3 Å². The van der Waals surface area contributed by atoms with Gasteiger partial charge in [0.05, 0.1) is 31.1 Å². The lowest BCUT2D eigenvalue weighted by molar-refractivity contribution is -0.142. The summed E-state index contributed by atoms with van der Waals surface area (Å²) in [5.41, 5.74) is 1.50. The quantitative estimate of drug-likeness (QED) is 0.795. The number of aryl methyl sites for hydroxylation is 2. The molecule has 0 saturated carbocycles. The van der Waals surface area contributed by atoms with E-state index in [2.05, 4.69) is 25.8 Å². The maximum Gasteiger partial charge on any atom is 0.244 e. The molecular formula is C16H21N7O3. The number of anilines is 1. The lowest BCUT2D eigenvalue weighted by atomic mass is 10.1. The van der Waals surface area contributed by atoms with Crippen LogP contribution < -0.4 is 5.32 Å². The lowest BCUT2D eigenvalue weighted by Gasteiger charge is -2.35. The minimum atomic E-state index is -0.327. The molecule has 0 radical (unpaired) electrons. The van der Waals surface area contributed by atoms with Crippen molar-refractivity contribution in [3.8, 4) is 0 Å². The highest BCUT2D eigenvalue weighted by Crippen LogP contribution is 2.14. The van der Waals surface area contributed by atoms with Gasteiger partial charge >= 0.3 is 0 Å². The predicted molar refractivity (Wildman–Crippen MR) is 91.1 cm³/mol. The van der Waals surface area contributed by atoms with E-state index in [0.29, 0.717) is 31.3 Å². The van der Waals surface area contributed by atoms with Crippen molar-refractivity contribution in [3.63, 3.8) is 0 Å². The zero-order valence-corrected chi connectivity index (χ0v) is 14.8. The zero-order valence-electron chi connectivity index (χ0n) is 14.8. The van der Waals surface area contributed by atoms with E-state index in [9.17, 15) is 9.59 Å². The Balaban J connectivity index is 1.61. The number of carbonyl (C=O) groups excluding carboxylic acids is 2. The summed E-state index contributed by atoms with van der Waals surface area (Å²) in [5, 5.41) is 13.9. The van der Waals surface area contributed by atoms with Gasteiger partial charge in [-0.3, -0.25) is 14.6 Å². The van der Waals surface area contributed by atoms with Crippen LogP contribution in [-0.4, -0.2) is 67.7 Å². The Bertz CT molecular complexity index is 774. The molecule has 2 amide bonds. The number of morpholine rings is 1. The van der Waals surface area contributed by atoms with Crippen molar-refractivity contribution in [2.75, 3.05) is 25.1 Å². The number of hydrogen-bond acceptors (Lipinski definition) is 7. The van der Waals surface area contributed by atoms with Gasteiger partial charge in [-0.2, -0.15) is 0 Å². The average Bonchev–Trinajstić information content (AvgIpc) is 3.02. The molecule has 3 rings (SSSR count). The molecule has 26 heavy (non-hydrogen) atoms. The smallest absolute Gasteiger partial charge is 0.244 e. The van der Waals surface area contributed by atoms with Crippen LogP contribution in [0.4, 0.5) is 5.69 Å². The third kappa shape index (κ3) is 4.39. The lowest BCUT2D eigenvalue weighted by Crippen LogP contribution is -2.51. The van der Waals surface area contributed by atoms with E-state index in [-0.39, 0.29) is 30.8 Å². The first-order valence-corrected chi connectivity index (χ1v) is 8.35. The SMILES string of the molecule is Cc1ccc(NC(=O)C[C@@H]2COCCN2C(=O)Cn2nnnc2C)cn1. The number of tetrazole rings is 1. The third-order valence-corrected chi connectivity index (χ3v) is 4.16. The molecule has 2 aromatic rings. The Hall–Kier alpha value is -2.88. The van der Waals surface area contributed by atoms with E-state index >= 15 is 0 Å². The first-order chi connectivity index (χ1) is 12.5. The standard InChI is InChI=1S/C16H21N7O3/c1-11-3-4-13(8-17-11)18-15(24)7-14-10-26-6-5-22(14)16(25)9-23-12(2)19-20-21-23/h3-4,8,14H,5-7,9-10H2,1-2H3,(H,18,24)/t14-/m1/s1. The summed E-state index contributed by atoms with van der Waals surface area (Å²) in [5.74, 6) is 0.230. The summed E-state index contributed by atoms with van der Waals surface area (Å²) in [7, 11) is 0. The van der Waals surface area contributed by atoms with Crippen molar-refractivity contribution in [1.29, 1.82) is 0 Å². The minimum Gasteiger partial charge on any atom is -0.377 e. The second-order valence-electron chi connectivity index (χ2n) is 6.14. The van der Waals surface area contributed by atoms with Crippen molar-refractivity contribution in [1.82, 2.24) is 30.1 Å². The normalized spacial score (nSPS) is 17.2. The molecule has 138 valence electrons. The van der Waals surface area contributed by atoms with E-state index in [1.54, 1.807) is 24.1 Å². The number of pyridine rings is 1. The molecule has 1 aliphatic heterocycles. The van der Waals surface area contributed by atoms with E-state index in [4.69, 9.17) is 4.74 Å². The number of nitrogens with zero attached hydrogens (tertiary/aromatic N) is 6. The molecule has 0 aromatic carbocycles. The Labute approximate surface area is 150 Å². The van der Waals surface area contributed by atoms with Crippen LogP contribution in [-0.2, 0) is 20.9 Å². The van der Waals surface area contributed by atoms with Crippen LogP contribution in [0, 0.1) is 13.8 Å². The van der Waals surface area contributed by atoms with Crippen LogP contribution in [0.5, 0.6) is 0 Å². The molecule has 1 aliphatic rings. The molecule has 2 aromatic heterocycles. The van der Waals surface area contributed by atoms with E-state index in [0.717, 1.165) is 5.69 Å². The topological polar surface area (TPSA) is 115 Å². The molecule has 3 heterocycles. The number of aromatic nitrogens is 5. The molecule has 1 N–H and O–H groups in total. The predicted octanol–water partition coefficient (Wildman–Crippen LogP) is -0.0589. The highest BCUT2D eigenvalue weighted by Gasteiger charge is 2.29. The van der Waals surface area contributed by atoms with Gasteiger partial charge < -0.3 is 15.0 Å². The van der Waals surface area contributed by atoms with Crippen LogP contribution in [0.25, 0.3) is 0 Å². The first-order valence-electron chi connectivity index (χ1n) is 8.35. The molecular weight excluding hydrogens is 338 g/mol. The summed E-state index contributed by atoms with van der Waals surface area (Å²) in [6.07, 6.45) is 1.75. The van der Waals surface area contributed by atoms with Crippen molar-refractivity contribution in [3.05, 3.63) is 29.8 Å². The van der Waals surface area contributed by atoms with Crippen molar-refractivity contribution in [2.24, 2.45) is 0 Å². The molecule has 10 nitrogen and oxygen atoms in total. The zero-order chi connectivity index (χ0) is 18.5. The Morgan fingerprint density at radius 2 is 2.19 bits per heavy atom. The van der Waals surface area contributed by atoms with E-state index in [1.807, 2.05) is 13.0 Å². The molecule has 1 fully saturated rings. The Morgan fingerprint density at radius 1 is 1.35 bits per heavy atom. The molecule has 0 unspecified atom stereocenters. The van der Waals surface area contributed by atoms with Gasteiger partial charge in [0.2, 0.25) is 11.8 Å². The summed E-state index contributed by atoms with van der Waals surface area (Å²) in [4.78, 5) is 30.8. The number of carbonyl (C=O) groups is 2. The minimum absolute atomic E-state index is 0.0405. The monoisotopic (exact) mass is 359 g/mol. The largest absolute Gasteiger partial charge is 0.377 e. The fraction of sp³-hybridized carbons (Fsp3) is 0.500. The third-order valence-electron chi connectivity index (χ3n) is 4.16. The molecule has 1 saturated heterocycles. The van der Waals surface area contributed by atoms with Gasteiger partial charge in [-0.25, -0.2) is 4.68 Å². The van der Waals surface area contributed by atoms with Crippen molar-refractivity contribution >= 4 is 17.5 Å². The number of nitrogens with one attached hydrogen (secondary N) is 1. The second kappa shape index (κ2) is 8.00. The van der Waals surface area contributed by atoms with Crippen molar-refractivity contribution < 1.29 is 14.3 Å². The van der Waals surface area contributed by atoms with Crippen molar-refractivity contribution in [2.45, 2.75) is 32.9 Å². The highest BCUT2D eigenvalue weighted by molar-refractivity contribution is 5.91. The summed E-state index contributed by atoms with van der Waals surface area (Å²) >= 11 is 0. The van der Waals surface area contributed by atoms with Gasteiger partial charge in [-0.15, -0.1) is 5.10 Å². The number of rotatable bonds is 5. The van der Waals surface area contributed by atoms with E-state index < -0.39 is 0 Å². The first kappa shape index (κ1) is 17.9. The van der Waals surface area contributed by atoms with Gasteiger partial charge in [0.25, 0.3) is 0 Å². The maximum absolute atomic E-state index is 12.6. The molecule has 0 aliphatic carbocycles. The van der Waals surface area contributed by atoms with Gasteiger partial charge in [-0.05, 0) is 36.4 Å². The summed E-state index contributed by atoms with van der Waals surface area (Å²) in [6, 6.07) is 3.29. The second-order valence-corrected chi connectivity index (χ2v) is 6.14. The number of hydrogen-bond donors (Lipinski definition) is 1. The van der Waals surface area contributed by atoms with Crippen LogP contribution in [0.2, 0.25) is 0 Å². The molecule has 1 atom stereocenters. The number of ether oxygens (including phenoxy) is 1. The Kier molecular flexibility index (Phi) is 5.52. The Morgan fingerprint density at radius 3 is 2.88 bits per heavy atom. The average molecular weight is 359 g/mol. The molecule has 0 spiro atoms. The van der Waals surface area contributed by atoms with Gasteiger partial charge in [0.15, 0.2) is 0 Å². The van der Waals surface area contributed by atoms with Crippen LogP contribution in [0.3, 0.4) is 0 Å². The highest BCUT2D eigenvalue weighted by atomic mass is 16.5. The van der Waals surface area contributed by atoms with E-state index in [1.165, 1.54) is 4.68 Å². The van der Waals surface area contributed by atoms with Gasteiger partial charge in [0.1, 0.15) is 12.4 Å². The molecule has 0 bridgehead atoms. The fourth-order valence-corrected chi connectivity index (χ4v) is 2.73. The fourth-order valence-electron chi connectivity index (χ4n) is 2.73. The summed E-state index contributed by atoms with van der Waals surface area (Å²) in [6.45, 7) is 4.84. The van der Waals surface area contributed by atoms with Gasteiger partial charge in [0, 0.05) is 18.7 Å². The van der Waals surface area contributed by atoms with Crippen LogP contribution in [0.1, 0.15) is 17.9 Å². The van der Waals surface area contributed by atoms with Crippen LogP contribution >= 0.6 is 0 Å². The maximum atomic E-state index is 12.6. The number of amides is 2.